The molecule has 1 aromatic rings. The molecule has 31 heavy (non-hydrogen) atoms. The maximum atomic E-state index is 12.6. The van der Waals surface area contributed by atoms with Gasteiger partial charge in [0.1, 0.15) is 0 Å². The number of rotatable bonds is 11. The van der Waals surface area contributed by atoms with Crippen LogP contribution in [0.3, 0.4) is 0 Å². The van der Waals surface area contributed by atoms with Gasteiger partial charge in [0.25, 0.3) is 0 Å². The van der Waals surface area contributed by atoms with E-state index >= 15 is 0 Å². The molecule has 0 radical (unpaired) electrons. The number of alkyl halides is 2. The Bertz CT molecular complexity index is 842. The molecular formula is C21H27F2N3O5. The molecule has 1 aliphatic carbocycles. The molecule has 1 heterocycles. The lowest BCUT2D eigenvalue weighted by Gasteiger charge is -2.28. The van der Waals surface area contributed by atoms with Crippen molar-refractivity contribution in [3.05, 3.63) is 35.0 Å². The van der Waals surface area contributed by atoms with Gasteiger partial charge in [-0.15, -0.1) is 0 Å². The van der Waals surface area contributed by atoms with Crippen molar-refractivity contribution in [2.45, 2.75) is 45.9 Å². The molecule has 170 valence electrons. The van der Waals surface area contributed by atoms with E-state index in [1.165, 1.54) is 6.07 Å². The lowest BCUT2D eigenvalue weighted by Crippen LogP contribution is -2.47. The molecule has 2 amide bonds. The van der Waals surface area contributed by atoms with Crippen LogP contribution in [-0.2, 0) is 16.1 Å². The second-order valence-corrected chi connectivity index (χ2v) is 7.21. The molecule has 1 aromatic carbocycles. The molecular weight excluding hydrogens is 412 g/mol. The predicted octanol–water partition coefficient (Wildman–Crippen LogP) is 2.78. The van der Waals surface area contributed by atoms with Gasteiger partial charge in [-0.2, -0.15) is 8.78 Å². The third-order valence-corrected chi connectivity index (χ3v) is 4.91. The fraction of sp³-hybridized carbons (Fsp3) is 0.524. The van der Waals surface area contributed by atoms with E-state index in [0.29, 0.717) is 37.0 Å². The highest BCUT2D eigenvalue weighted by atomic mass is 19.3. The van der Waals surface area contributed by atoms with Gasteiger partial charge >= 0.3 is 18.6 Å². The third-order valence-electron chi connectivity index (χ3n) is 4.91. The van der Waals surface area contributed by atoms with Crippen molar-refractivity contribution in [2.75, 3.05) is 26.3 Å². The molecule has 0 bridgehead atoms. The van der Waals surface area contributed by atoms with Crippen LogP contribution in [0.25, 0.3) is 0 Å². The second kappa shape index (κ2) is 10.4. The number of esters is 1. The van der Waals surface area contributed by atoms with Gasteiger partial charge in [-0.3, -0.25) is 4.90 Å². The van der Waals surface area contributed by atoms with Crippen LogP contribution in [0.4, 0.5) is 13.6 Å². The number of carbonyl (C=O) groups excluding carboxylic acids is 2. The summed E-state index contributed by atoms with van der Waals surface area (Å²) in [6, 6.07) is 4.78. The Balaban J connectivity index is 1.80. The van der Waals surface area contributed by atoms with Gasteiger partial charge in [-0.1, -0.05) is 6.07 Å². The van der Waals surface area contributed by atoms with Gasteiger partial charge in [-0.05, 0) is 44.4 Å². The minimum Gasteiger partial charge on any atom is -0.490 e. The summed E-state index contributed by atoms with van der Waals surface area (Å²) >= 11 is 0. The first-order valence-electron chi connectivity index (χ1n) is 10.3. The normalized spacial score (nSPS) is 16.3. The highest BCUT2D eigenvalue weighted by Crippen LogP contribution is 2.33. The Kier molecular flexibility index (Phi) is 7.67. The zero-order chi connectivity index (χ0) is 22.4. The van der Waals surface area contributed by atoms with E-state index in [1.54, 1.807) is 26.0 Å². The molecule has 10 heteroatoms. The van der Waals surface area contributed by atoms with Crippen molar-refractivity contribution in [1.29, 1.82) is 0 Å². The number of carbonyl (C=O) groups is 2. The molecule has 0 atom stereocenters. The quantitative estimate of drug-likeness (QED) is 0.516. The summed E-state index contributed by atoms with van der Waals surface area (Å²) in [4.78, 5) is 26.3. The maximum absolute atomic E-state index is 12.6. The standard InChI is InChI=1S/C21H27F2N3O5/c1-3-29-18-9-13(5-8-17(18)31-20(22)23)11-26(14-6-7-14)12-16-15(19(27)30-4-2)10-24-21(28)25-16/h5,8-9,14,20H,3-4,6-7,10-12H2,1-2H3,(H2,24,25,28). The molecule has 1 fully saturated rings. The Hall–Kier alpha value is -2.88. The summed E-state index contributed by atoms with van der Waals surface area (Å²) in [6.45, 7) is 2.04. The van der Waals surface area contributed by atoms with Crippen LogP contribution in [-0.4, -0.2) is 55.9 Å². The zero-order valence-electron chi connectivity index (χ0n) is 17.6. The third kappa shape index (κ3) is 6.30. The van der Waals surface area contributed by atoms with E-state index in [2.05, 4.69) is 20.3 Å². The molecule has 0 unspecified atom stereocenters. The molecule has 1 saturated carbocycles. The number of amides is 2. The van der Waals surface area contributed by atoms with Gasteiger partial charge in [0, 0.05) is 24.8 Å². The number of nitrogens with zero attached hydrogens (tertiary/aromatic N) is 1. The molecule has 0 saturated heterocycles. The average Bonchev–Trinajstić information content (AvgIpc) is 3.55. The van der Waals surface area contributed by atoms with Gasteiger partial charge in [0.05, 0.1) is 25.3 Å². The van der Waals surface area contributed by atoms with Gasteiger partial charge in [-0.25, -0.2) is 9.59 Å². The first kappa shape index (κ1) is 22.8. The largest absolute Gasteiger partial charge is 0.490 e. The average molecular weight is 439 g/mol. The van der Waals surface area contributed by atoms with E-state index in [9.17, 15) is 18.4 Å². The van der Waals surface area contributed by atoms with E-state index in [0.717, 1.165) is 18.4 Å². The number of benzene rings is 1. The van der Waals surface area contributed by atoms with Crippen LogP contribution >= 0.6 is 0 Å². The molecule has 0 spiro atoms. The van der Waals surface area contributed by atoms with Crippen molar-refractivity contribution in [2.24, 2.45) is 0 Å². The minimum absolute atomic E-state index is 0.0171. The zero-order valence-corrected chi connectivity index (χ0v) is 17.6. The van der Waals surface area contributed by atoms with Crippen LogP contribution in [0.5, 0.6) is 11.5 Å². The lowest BCUT2D eigenvalue weighted by molar-refractivity contribution is -0.138. The summed E-state index contributed by atoms with van der Waals surface area (Å²) in [6.07, 6.45) is 2.00. The minimum atomic E-state index is -2.94. The molecule has 0 aromatic heterocycles. The van der Waals surface area contributed by atoms with Crippen LogP contribution in [0.2, 0.25) is 0 Å². The molecule has 2 N–H and O–H groups in total. The molecule has 2 aliphatic rings. The highest BCUT2D eigenvalue weighted by molar-refractivity contribution is 5.93. The molecule has 8 nitrogen and oxygen atoms in total. The first-order valence-corrected chi connectivity index (χ1v) is 10.3. The van der Waals surface area contributed by atoms with E-state index < -0.39 is 12.6 Å². The fourth-order valence-electron chi connectivity index (χ4n) is 3.38. The summed E-state index contributed by atoms with van der Waals surface area (Å²) in [7, 11) is 0. The topological polar surface area (TPSA) is 89.1 Å². The monoisotopic (exact) mass is 439 g/mol. The summed E-state index contributed by atoms with van der Waals surface area (Å²) in [5, 5.41) is 5.32. The highest BCUT2D eigenvalue weighted by Gasteiger charge is 2.32. The maximum Gasteiger partial charge on any atom is 0.387 e. The van der Waals surface area contributed by atoms with Crippen molar-refractivity contribution in [1.82, 2.24) is 15.5 Å². The van der Waals surface area contributed by atoms with Gasteiger partial charge < -0.3 is 24.8 Å². The Morgan fingerprint density at radius 2 is 1.97 bits per heavy atom. The number of halogens is 2. The Morgan fingerprint density at radius 3 is 2.61 bits per heavy atom. The SMILES string of the molecule is CCOC(=O)C1=C(CN(Cc2ccc(OC(F)F)c(OCC)c2)C2CC2)NC(=O)NC1. The Labute approximate surface area is 179 Å². The summed E-state index contributed by atoms with van der Waals surface area (Å²) in [5.74, 6) is -0.234. The molecule has 3 rings (SSSR count). The molecule has 1 aliphatic heterocycles. The predicted molar refractivity (Wildman–Crippen MR) is 108 cm³/mol. The number of hydrogen-bond donors (Lipinski definition) is 2. The first-order chi connectivity index (χ1) is 14.9. The van der Waals surface area contributed by atoms with E-state index in [-0.39, 0.29) is 30.7 Å². The van der Waals surface area contributed by atoms with Crippen LogP contribution in [0.15, 0.2) is 29.5 Å². The number of nitrogens with one attached hydrogen (secondary N) is 2. The van der Waals surface area contributed by atoms with Crippen LogP contribution < -0.4 is 20.1 Å². The summed E-state index contributed by atoms with van der Waals surface area (Å²) < 4.78 is 40.4. The number of hydrogen-bond acceptors (Lipinski definition) is 6. The van der Waals surface area contributed by atoms with Gasteiger partial charge in [0.15, 0.2) is 11.5 Å². The lowest BCUT2D eigenvalue weighted by atomic mass is 10.1. The summed E-state index contributed by atoms with van der Waals surface area (Å²) in [5.41, 5.74) is 1.75. The van der Waals surface area contributed by atoms with Crippen molar-refractivity contribution < 1.29 is 32.6 Å². The van der Waals surface area contributed by atoms with Crippen LogP contribution in [0.1, 0.15) is 32.3 Å². The van der Waals surface area contributed by atoms with Crippen molar-refractivity contribution >= 4 is 12.0 Å². The Morgan fingerprint density at radius 1 is 1.19 bits per heavy atom. The number of urea groups is 1. The van der Waals surface area contributed by atoms with E-state index in [4.69, 9.17) is 9.47 Å². The second-order valence-electron chi connectivity index (χ2n) is 7.21. The van der Waals surface area contributed by atoms with Crippen molar-refractivity contribution in [3.63, 3.8) is 0 Å². The number of ether oxygens (including phenoxy) is 3. The van der Waals surface area contributed by atoms with Gasteiger partial charge in [0.2, 0.25) is 0 Å². The smallest absolute Gasteiger partial charge is 0.387 e. The van der Waals surface area contributed by atoms with Crippen molar-refractivity contribution in [3.8, 4) is 11.5 Å². The fourth-order valence-corrected chi connectivity index (χ4v) is 3.38. The van der Waals surface area contributed by atoms with E-state index in [1.807, 2.05) is 0 Å². The van der Waals surface area contributed by atoms with Crippen LogP contribution in [0, 0.1) is 0 Å².